The van der Waals surface area contributed by atoms with Crippen LogP contribution in [0.5, 0.6) is 11.5 Å². The van der Waals surface area contributed by atoms with E-state index in [9.17, 15) is 14.4 Å². The topological polar surface area (TPSA) is 69.6 Å². The predicted molar refractivity (Wildman–Crippen MR) is 69.7 cm³/mol. The Bertz CT molecular complexity index is 375. The zero-order valence-electron chi connectivity index (χ0n) is 10.1. The number of hydrogen-bond acceptors (Lipinski definition) is 4. The summed E-state index contributed by atoms with van der Waals surface area (Å²) in [6, 6.07) is 4.58. The van der Waals surface area contributed by atoms with Crippen molar-refractivity contribution in [1.29, 1.82) is 0 Å². The van der Waals surface area contributed by atoms with Crippen molar-refractivity contribution in [3.8, 4) is 11.5 Å². The summed E-state index contributed by atoms with van der Waals surface area (Å²) in [6.45, 7) is 2.72. The van der Waals surface area contributed by atoms with Crippen LogP contribution in [0.2, 0.25) is 0 Å². The van der Waals surface area contributed by atoms with E-state index >= 15 is 0 Å². The average molecular weight is 257 g/mol. The van der Waals surface area contributed by atoms with Crippen LogP contribution < -0.4 is 5.32 Å². The molecule has 0 aliphatic rings. The molecule has 0 saturated carbocycles. The molecule has 1 aromatic carbocycles. The Kier molecular flexibility index (Phi) is 5.44. The monoisotopic (exact) mass is 257 g/mol. The van der Waals surface area contributed by atoms with E-state index in [-0.39, 0.29) is 17.5 Å². The van der Waals surface area contributed by atoms with Gasteiger partial charge in [0.15, 0.2) is 0 Å². The molecule has 1 rings (SSSR count). The lowest BCUT2D eigenvalue weighted by Gasteiger charge is -2.14. The predicted octanol–water partition coefficient (Wildman–Crippen LogP) is 1.52. The fraction of sp³-hybridized carbons (Fsp3) is 0.500. The first-order valence-electron chi connectivity index (χ1n) is 5.55. The standard InChI is InChI=1S/C12H19NO3S/c1-9(13-4-3-5-17(2)16)10-6-11(14)8-12(15)7-10/h6-9,13-15H,3-5H2,1-2H3. The van der Waals surface area contributed by atoms with Gasteiger partial charge in [-0.05, 0) is 37.6 Å². The Balaban J connectivity index is 2.46. The summed E-state index contributed by atoms with van der Waals surface area (Å²) < 4.78 is 10.9. The van der Waals surface area contributed by atoms with Gasteiger partial charge in [-0.2, -0.15) is 0 Å². The van der Waals surface area contributed by atoms with E-state index in [2.05, 4.69) is 5.32 Å². The first-order valence-corrected chi connectivity index (χ1v) is 7.28. The highest BCUT2D eigenvalue weighted by atomic mass is 32.2. The molecular weight excluding hydrogens is 238 g/mol. The third-order valence-electron chi connectivity index (χ3n) is 2.48. The maximum absolute atomic E-state index is 10.9. The Hall–Kier alpha value is -1.07. The molecule has 0 radical (unpaired) electrons. The van der Waals surface area contributed by atoms with Crippen LogP contribution in [0.3, 0.4) is 0 Å². The van der Waals surface area contributed by atoms with Crippen molar-refractivity contribution in [2.45, 2.75) is 19.4 Å². The molecule has 0 bridgehead atoms. The van der Waals surface area contributed by atoms with Crippen LogP contribution in [-0.4, -0.2) is 33.0 Å². The summed E-state index contributed by atoms with van der Waals surface area (Å²) in [6.07, 6.45) is 2.54. The molecule has 3 N–H and O–H groups in total. The lowest BCUT2D eigenvalue weighted by Crippen LogP contribution is -2.21. The highest BCUT2D eigenvalue weighted by Gasteiger charge is 2.07. The summed E-state index contributed by atoms with van der Waals surface area (Å²) in [5, 5.41) is 22.0. The van der Waals surface area contributed by atoms with Gasteiger partial charge in [0, 0.05) is 34.9 Å². The van der Waals surface area contributed by atoms with Gasteiger partial charge in [-0.1, -0.05) is 0 Å². The summed E-state index contributed by atoms with van der Waals surface area (Å²) in [4.78, 5) is 0. The summed E-state index contributed by atoms with van der Waals surface area (Å²) in [5.41, 5.74) is 0.833. The molecule has 17 heavy (non-hydrogen) atoms. The molecule has 0 aliphatic carbocycles. The Labute approximate surface area is 104 Å². The zero-order valence-corrected chi connectivity index (χ0v) is 11.0. The van der Waals surface area contributed by atoms with Crippen LogP contribution >= 0.6 is 0 Å². The molecule has 0 fully saturated rings. The van der Waals surface area contributed by atoms with Crippen molar-refractivity contribution in [3.05, 3.63) is 23.8 Å². The minimum absolute atomic E-state index is 0.0401. The number of aromatic hydroxyl groups is 2. The quantitative estimate of drug-likeness (QED) is 0.676. The molecule has 0 amide bonds. The molecule has 5 heteroatoms. The van der Waals surface area contributed by atoms with Crippen molar-refractivity contribution in [1.82, 2.24) is 5.32 Å². The SMILES string of the molecule is CC(NCCCS(C)=O)c1cc(O)cc(O)c1. The molecule has 0 saturated heterocycles. The summed E-state index contributed by atoms with van der Waals surface area (Å²) in [7, 11) is -0.752. The maximum Gasteiger partial charge on any atom is 0.119 e. The van der Waals surface area contributed by atoms with E-state index in [1.807, 2.05) is 6.92 Å². The van der Waals surface area contributed by atoms with Gasteiger partial charge in [-0.25, -0.2) is 0 Å². The van der Waals surface area contributed by atoms with Crippen LogP contribution in [-0.2, 0) is 10.8 Å². The molecule has 0 aromatic heterocycles. The van der Waals surface area contributed by atoms with Crippen molar-refractivity contribution >= 4 is 10.8 Å². The van der Waals surface area contributed by atoms with Crippen LogP contribution in [0.15, 0.2) is 18.2 Å². The molecule has 2 atom stereocenters. The zero-order chi connectivity index (χ0) is 12.8. The van der Waals surface area contributed by atoms with Crippen molar-refractivity contribution in [2.75, 3.05) is 18.6 Å². The molecule has 0 heterocycles. The van der Waals surface area contributed by atoms with E-state index < -0.39 is 10.8 Å². The lowest BCUT2D eigenvalue weighted by atomic mass is 10.1. The molecule has 1 aromatic rings. The third-order valence-corrected chi connectivity index (χ3v) is 3.35. The highest BCUT2D eigenvalue weighted by Crippen LogP contribution is 2.24. The summed E-state index contributed by atoms with van der Waals surface area (Å²) >= 11 is 0. The van der Waals surface area contributed by atoms with Gasteiger partial charge in [0.1, 0.15) is 11.5 Å². The van der Waals surface area contributed by atoms with Crippen molar-refractivity contribution in [3.63, 3.8) is 0 Å². The largest absolute Gasteiger partial charge is 0.508 e. The van der Waals surface area contributed by atoms with E-state index in [4.69, 9.17) is 0 Å². The normalized spacial score (nSPS) is 14.5. The fourth-order valence-electron chi connectivity index (χ4n) is 1.58. The minimum atomic E-state index is -0.752. The van der Waals surface area contributed by atoms with Gasteiger partial charge in [-0.3, -0.25) is 4.21 Å². The number of phenols is 2. The average Bonchev–Trinajstić information content (AvgIpc) is 2.22. The second-order valence-corrected chi connectivity index (χ2v) is 5.64. The molecule has 96 valence electrons. The van der Waals surface area contributed by atoms with Crippen LogP contribution in [0.1, 0.15) is 24.9 Å². The van der Waals surface area contributed by atoms with Gasteiger partial charge >= 0.3 is 0 Å². The van der Waals surface area contributed by atoms with Gasteiger partial charge in [-0.15, -0.1) is 0 Å². The van der Waals surface area contributed by atoms with Crippen LogP contribution in [0, 0.1) is 0 Å². The Morgan fingerprint density at radius 3 is 2.41 bits per heavy atom. The van der Waals surface area contributed by atoms with Gasteiger partial charge < -0.3 is 15.5 Å². The Morgan fingerprint density at radius 1 is 1.29 bits per heavy atom. The highest BCUT2D eigenvalue weighted by molar-refractivity contribution is 7.84. The second kappa shape index (κ2) is 6.61. The van der Waals surface area contributed by atoms with Crippen molar-refractivity contribution < 1.29 is 14.4 Å². The third kappa shape index (κ3) is 5.19. The van der Waals surface area contributed by atoms with E-state index in [1.165, 1.54) is 6.07 Å². The number of phenolic OH excluding ortho intramolecular Hbond substituents is 2. The number of benzene rings is 1. The fourth-order valence-corrected chi connectivity index (χ4v) is 2.13. The molecule has 0 aliphatic heterocycles. The van der Waals surface area contributed by atoms with Gasteiger partial charge in [0.05, 0.1) is 0 Å². The Morgan fingerprint density at radius 2 is 1.88 bits per heavy atom. The van der Waals surface area contributed by atoms with Crippen molar-refractivity contribution in [2.24, 2.45) is 0 Å². The smallest absolute Gasteiger partial charge is 0.119 e. The van der Waals surface area contributed by atoms with E-state index in [1.54, 1.807) is 18.4 Å². The first-order chi connectivity index (χ1) is 7.99. The number of hydrogen-bond donors (Lipinski definition) is 3. The first kappa shape index (κ1) is 14.0. The molecule has 2 unspecified atom stereocenters. The molecule has 0 spiro atoms. The maximum atomic E-state index is 10.9. The van der Waals surface area contributed by atoms with E-state index in [0.29, 0.717) is 5.75 Å². The van der Waals surface area contributed by atoms with Gasteiger partial charge in [0.2, 0.25) is 0 Å². The number of rotatable bonds is 6. The summed E-state index contributed by atoms with van der Waals surface area (Å²) in [5.74, 6) is 0.803. The second-order valence-electron chi connectivity index (χ2n) is 4.09. The van der Waals surface area contributed by atoms with Crippen LogP contribution in [0.4, 0.5) is 0 Å². The van der Waals surface area contributed by atoms with Gasteiger partial charge in [0.25, 0.3) is 0 Å². The number of nitrogens with one attached hydrogen (secondary N) is 1. The van der Waals surface area contributed by atoms with Crippen LogP contribution in [0.25, 0.3) is 0 Å². The molecule has 4 nitrogen and oxygen atoms in total. The van der Waals surface area contributed by atoms with E-state index in [0.717, 1.165) is 18.5 Å². The minimum Gasteiger partial charge on any atom is -0.508 e. The molecular formula is C12H19NO3S. The lowest BCUT2D eigenvalue weighted by molar-refractivity contribution is 0.446.